The van der Waals surface area contributed by atoms with E-state index in [0.717, 1.165) is 30.5 Å². The Balaban J connectivity index is 2.26. The van der Waals surface area contributed by atoms with Gasteiger partial charge in [-0.15, -0.1) is 0 Å². The molecule has 1 aromatic heterocycles. The topological polar surface area (TPSA) is 60.2 Å². The van der Waals surface area contributed by atoms with Crippen molar-refractivity contribution in [2.45, 2.75) is 11.1 Å². The van der Waals surface area contributed by atoms with Gasteiger partial charge in [0.25, 0.3) is 0 Å². The molecule has 0 N–H and O–H groups in total. The van der Waals surface area contributed by atoms with Crippen molar-refractivity contribution in [2.75, 3.05) is 6.26 Å². The summed E-state index contributed by atoms with van der Waals surface area (Å²) in [5.74, 6) is -3.30. The van der Waals surface area contributed by atoms with Gasteiger partial charge >= 0.3 is 6.18 Å². The maximum atomic E-state index is 14.2. The largest absolute Gasteiger partial charge is 0.453 e. The number of aromatic nitrogens is 1. The van der Waals surface area contributed by atoms with E-state index in [1.165, 1.54) is 12.1 Å². The Kier molecular flexibility index (Phi) is 4.54. The van der Waals surface area contributed by atoms with Crippen molar-refractivity contribution >= 4 is 9.84 Å². The van der Waals surface area contributed by atoms with Crippen molar-refractivity contribution in [1.82, 2.24) is 5.16 Å². The quantitative estimate of drug-likeness (QED) is 0.595. The highest BCUT2D eigenvalue weighted by molar-refractivity contribution is 7.90. The molecule has 2 aromatic carbocycles. The summed E-state index contributed by atoms with van der Waals surface area (Å²) in [4.78, 5) is -0.653. The highest BCUT2D eigenvalue weighted by atomic mass is 32.2. The third-order valence-corrected chi connectivity index (χ3v) is 4.82. The molecule has 142 valence electrons. The average Bonchev–Trinajstić information content (AvgIpc) is 2.99. The monoisotopic (exact) mass is 403 g/mol. The molecule has 0 radical (unpaired) electrons. The molecule has 0 spiro atoms. The Morgan fingerprint density at radius 2 is 1.56 bits per heavy atom. The van der Waals surface area contributed by atoms with Gasteiger partial charge in [0.05, 0.1) is 5.56 Å². The number of hydrogen-bond donors (Lipinski definition) is 0. The van der Waals surface area contributed by atoms with Crippen LogP contribution in [0.25, 0.3) is 22.4 Å². The van der Waals surface area contributed by atoms with E-state index in [-0.39, 0.29) is 16.8 Å². The van der Waals surface area contributed by atoms with E-state index in [9.17, 15) is 30.4 Å². The van der Waals surface area contributed by atoms with E-state index >= 15 is 0 Å². The maximum absolute atomic E-state index is 14.2. The normalized spacial score (nSPS) is 12.4. The second kappa shape index (κ2) is 6.45. The Morgan fingerprint density at radius 1 is 0.963 bits per heavy atom. The molecule has 0 aliphatic heterocycles. The van der Waals surface area contributed by atoms with Crippen molar-refractivity contribution < 1.29 is 34.9 Å². The number of rotatable bonds is 3. The number of benzene rings is 2. The lowest BCUT2D eigenvalue weighted by atomic mass is 9.99. The number of nitrogens with zero attached hydrogens (tertiary/aromatic N) is 1. The van der Waals surface area contributed by atoms with Crippen LogP contribution in [-0.2, 0) is 16.0 Å². The molecule has 27 heavy (non-hydrogen) atoms. The number of alkyl halides is 3. The van der Waals surface area contributed by atoms with Crippen molar-refractivity contribution in [3.8, 4) is 22.4 Å². The molecule has 4 nitrogen and oxygen atoms in total. The van der Waals surface area contributed by atoms with E-state index in [1.54, 1.807) is 0 Å². The lowest BCUT2D eigenvalue weighted by Gasteiger charge is -2.09. The van der Waals surface area contributed by atoms with Gasteiger partial charge in [0.15, 0.2) is 9.84 Å². The predicted octanol–water partition coefficient (Wildman–Crippen LogP) is 4.71. The van der Waals surface area contributed by atoms with Crippen LogP contribution in [0, 0.1) is 11.6 Å². The molecule has 0 bridgehead atoms. The van der Waals surface area contributed by atoms with E-state index in [4.69, 9.17) is 0 Å². The minimum absolute atomic E-state index is 0.109. The molecule has 1 heterocycles. The van der Waals surface area contributed by atoms with Crippen LogP contribution in [-0.4, -0.2) is 19.8 Å². The Hall–Kier alpha value is -2.75. The van der Waals surface area contributed by atoms with Gasteiger partial charge in [0, 0.05) is 11.8 Å². The summed E-state index contributed by atoms with van der Waals surface area (Å²) in [7, 11) is -3.90. The third-order valence-electron chi connectivity index (χ3n) is 3.69. The zero-order chi connectivity index (χ0) is 20.0. The number of halogens is 5. The number of sulfone groups is 1. The summed E-state index contributed by atoms with van der Waals surface area (Å²) < 4.78 is 94.7. The molecule has 0 unspecified atom stereocenters. The summed E-state index contributed by atoms with van der Waals surface area (Å²) in [5, 5.41) is 3.40. The lowest BCUT2D eigenvalue weighted by Crippen LogP contribution is -2.06. The first-order valence-electron chi connectivity index (χ1n) is 7.31. The van der Waals surface area contributed by atoms with Crippen molar-refractivity contribution in [3.63, 3.8) is 0 Å². The first-order valence-corrected chi connectivity index (χ1v) is 9.20. The van der Waals surface area contributed by atoms with E-state index < -0.39 is 43.9 Å². The van der Waals surface area contributed by atoms with Crippen LogP contribution in [0.1, 0.15) is 5.76 Å². The van der Waals surface area contributed by atoms with Crippen molar-refractivity contribution in [1.29, 1.82) is 0 Å². The predicted molar refractivity (Wildman–Crippen MR) is 85.4 cm³/mol. The standard InChI is InChI=1S/C17H10F5NO3S/c1-27(24,25)13-7-4-10(8-12(13)19)14-15(9-2-5-11(18)6-3-9)23-26-16(14)17(20,21)22/h2-8H,1H3. The van der Waals surface area contributed by atoms with Gasteiger partial charge in [-0.1, -0.05) is 11.2 Å². The van der Waals surface area contributed by atoms with Gasteiger partial charge in [0.1, 0.15) is 22.2 Å². The lowest BCUT2D eigenvalue weighted by molar-refractivity contribution is -0.154. The van der Waals surface area contributed by atoms with Crippen LogP contribution in [0.2, 0.25) is 0 Å². The van der Waals surface area contributed by atoms with Crippen LogP contribution in [0.5, 0.6) is 0 Å². The van der Waals surface area contributed by atoms with Gasteiger partial charge in [0.2, 0.25) is 5.76 Å². The van der Waals surface area contributed by atoms with Gasteiger partial charge in [-0.2, -0.15) is 13.2 Å². The van der Waals surface area contributed by atoms with E-state index in [1.807, 2.05) is 0 Å². The molecular weight excluding hydrogens is 393 g/mol. The highest BCUT2D eigenvalue weighted by Crippen LogP contribution is 2.43. The molecule has 0 saturated carbocycles. The molecular formula is C17H10F5NO3S. The van der Waals surface area contributed by atoms with Gasteiger partial charge in [-0.25, -0.2) is 17.2 Å². The van der Waals surface area contributed by atoms with Gasteiger partial charge < -0.3 is 4.52 Å². The molecule has 0 saturated heterocycles. The Morgan fingerprint density at radius 3 is 2.07 bits per heavy atom. The second-order valence-electron chi connectivity index (χ2n) is 5.66. The molecule has 0 fully saturated rings. The molecule has 10 heteroatoms. The zero-order valence-corrected chi connectivity index (χ0v) is 14.3. The second-order valence-corrected chi connectivity index (χ2v) is 7.64. The Bertz CT molecular complexity index is 1100. The van der Waals surface area contributed by atoms with Crippen LogP contribution < -0.4 is 0 Å². The highest BCUT2D eigenvalue weighted by Gasteiger charge is 2.41. The molecule has 0 amide bonds. The minimum atomic E-state index is -4.94. The van der Waals surface area contributed by atoms with Crippen LogP contribution in [0.15, 0.2) is 51.9 Å². The van der Waals surface area contributed by atoms with Crippen molar-refractivity contribution in [3.05, 3.63) is 59.9 Å². The fraction of sp³-hybridized carbons (Fsp3) is 0.118. The summed E-state index contributed by atoms with van der Waals surface area (Å²) in [6.45, 7) is 0. The molecule has 0 aliphatic rings. The fourth-order valence-corrected chi connectivity index (χ4v) is 3.24. The molecule has 0 atom stereocenters. The van der Waals surface area contributed by atoms with E-state index in [0.29, 0.717) is 6.07 Å². The van der Waals surface area contributed by atoms with Crippen LogP contribution in [0.4, 0.5) is 22.0 Å². The molecule has 3 aromatic rings. The summed E-state index contributed by atoms with van der Waals surface area (Å²) in [6, 6.07) is 6.97. The Labute approximate surface area is 150 Å². The fourth-order valence-electron chi connectivity index (χ4n) is 2.51. The maximum Gasteiger partial charge on any atom is 0.453 e. The van der Waals surface area contributed by atoms with Gasteiger partial charge in [-0.3, -0.25) is 0 Å². The molecule has 3 rings (SSSR count). The smallest absolute Gasteiger partial charge is 0.350 e. The summed E-state index contributed by atoms with van der Waals surface area (Å²) in [6.07, 6.45) is -4.16. The van der Waals surface area contributed by atoms with Crippen molar-refractivity contribution in [2.24, 2.45) is 0 Å². The van der Waals surface area contributed by atoms with E-state index in [2.05, 4.69) is 9.68 Å². The first-order chi connectivity index (χ1) is 12.5. The van der Waals surface area contributed by atoms with Crippen LogP contribution in [0.3, 0.4) is 0 Å². The summed E-state index contributed by atoms with van der Waals surface area (Å²) in [5.41, 5.74) is -1.03. The third kappa shape index (κ3) is 3.70. The first kappa shape index (κ1) is 19.0. The number of hydrogen-bond acceptors (Lipinski definition) is 4. The van der Waals surface area contributed by atoms with Crippen LogP contribution >= 0.6 is 0 Å². The SMILES string of the molecule is CS(=O)(=O)c1ccc(-c2c(-c3ccc(F)cc3)noc2C(F)(F)F)cc1F. The summed E-state index contributed by atoms with van der Waals surface area (Å²) >= 11 is 0. The molecule has 0 aliphatic carbocycles. The minimum Gasteiger partial charge on any atom is -0.350 e. The zero-order valence-electron chi connectivity index (χ0n) is 13.5. The average molecular weight is 403 g/mol. The van der Waals surface area contributed by atoms with Gasteiger partial charge in [-0.05, 0) is 42.0 Å².